The predicted molar refractivity (Wildman–Crippen MR) is 62.3 cm³/mol. The summed E-state index contributed by atoms with van der Waals surface area (Å²) in [7, 11) is 0. The third-order valence-corrected chi connectivity index (χ3v) is 5.79. The van der Waals surface area contributed by atoms with Crippen LogP contribution in [0.3, 0.4) is 0 Å². The van der Waals surface area contributed by atoms with Crippen LogP contribution >= 0.6 is 23.6 Å². The molecule has 0 fully saturated rings. The summed E-state index contributed by atoms with van der Waals surface area (Å²) < 4.78 is 1.14. The summed E-state index contributed by atoms with van der Waals surface area (Å²) in [5.74, 6) is 0. The molecule has 0 aliphatic heterocycles. The first-order chi connectivity index (χ1) is 6.25. The third kappa shape index (κ3) is 2.18. The van der Waals surface area contributed by atoms with E-state index < -0.39 is 0 Å². The van der Waals surface area contributed by atoms with Crippen molar-refractivity contribution in [2.24, 2.45) is 0 Å². The van der Waals surface area contributed by atoms with Crippen LogP contribution in [-0.4, -0.2) is 14.5 Å². The van der Waals surface area contributed by atoms with Gasteiger partial charge in [-0.05, 0) is 0 Å². The molecule has 0 bridgehead atoms. The Morgan fingerprint density at radius 3 is 2.46 bits per heavy atom. The molecule has 0 radical (unpaired) electrons. The van der Waals surface area contributed by atoms with Crippen LogP contribution in [-0.2, 0) is 0 Å². The molecule has 0 nitrogen and oxygen atoms in total. The topological polar surface area (TPSA) is 0 Å². The van der Waals surface area contributed by atoms with E-state index in [9.17, 15) is 0 Å². The van der Waals surface area contributed by atoms with Gasteiger partial charge in [0.05, 0.1) is 0 Å². The summed E-state index contributed by atoms with van der Waals surface area (Å²) >= 11 is 7.34. The predicted octanol–water partition coefficient (Wildman–Crippen LogP) is 3.51. The Morgan fingerprint density at radius 1 is 1.23 bits per heavy atom. The van der Waals surface area contributed by atoms with Gasteiger partial charge in [0.1, 0.15) is 0 Å². The van der Waals surface area contributed by atoms with E-state index in [4.69, 9.17) is 12.2 Å². The molecule has 66 valence electrons. The Kier molecular flexibility index (Phi) is 2.80. The summed E-state index contributed by atoms with van der Waals surface area (Å²) in [5, 5.41) is 0. The van der Waals surface area contributed by atoms with Crippen molar-refractivity contribution in [2.45, 2.75) is 6.92 Å². The summed E-state index contributed by atoms with van der Waals surface area (Å²) in [6.45, 7) is 2.11. The van der Waals surface area contributed by atoms with Crippen LogP contribution in [0.2, 0.25) is 0 Å². The Hall–Kier alpha value is -0.211. The van der Waals surface area contributed by atoms with E-state index in [1.54, 1.807) is 11.3 Å². The Morgan fingerprint density at radius 2 is 1.92 bits per heavy atom. The second-order valence-corrected chi connectivity index (χ2v) is 7.55. The van der Waals surface area contributed by atoms with Crippen molar-refractivity contribution in [2.75, 3.05) is 0 Å². The zero-order valence-electron chi connectivity index (χ0n) is 7.11. The van der Waals surface area contributed by atoms with Gasteiger partial charge in [0.2, 0.25) is 0 Å². The van der Waals surface area contributed by atoms with Crippen LogP contribution in [0.4, 0.5) is 0 Å². The van der Waals surface area contributed by atoms with Gasteiger partial charge in [0.25, 0.3) is 0 Å². The van der Waals surface area contributed by atoms with Crippen LogP contribution in [0.15, 0.2) is 29.2 Å². The van der Waals surface area contributed by atoms with E-state index in [0.717, 1.165) is 2.70 Å². The number of aryl methyl sites for hydroxylation is 1. The van der Waals surface area contributed by atoms with Crippen molar-refractivity contribution in [3.63, 3.8) is 0 Å². The first-order valence-corrected chi connectivity index (χ1v) is 6.98. The normalized spacial score (nSPS) is 10.2. The first kappa shape index (κ1) is 9.35. The van der Waals surface area contributed by atoms with Crippen LogP contribution in [0.25, 0.3) is 10.4 Å². The van der Waals surface area contributed by atoms with E-state index >= 15 is 0 Å². The van der Waals surface area contributed by atoms with Gasteiger partial charge in [-0.25, -0.2) is 0 Å². The van der Waals surface area contributed by atoms with Crippen molar-refractivity contribution >= 4 is 38.1 Å². The molecule has 3 heteroatoms. The van der Waals surface area contributed by atoms with Gasteiger partial charge in [0.15, 0.2) is 0 Å². The maximum absolute atomic E-state index is 5.16. The van der Waals surface area contributed by atoms with Gasteiger partial charge >= 0.3 is 92.9 Å². The van der Waals surface area contributed by atoms with Crippen LogP contribution < -0.4 is 0 Å². The Labute approximate surface area is 92.6 Å². The average molecular weight is 271 g/mol. The number of hydrogen-bond donors (Lipinski definition) is 0. The fraction of sp³-hybridized carbons (Fsp3) is 0.100. The Bertz CT molecular complexity index is 450. The fourth-order valence-electron chi connectivity index (χ4n) is 1.08. The van der Waals surface area contributed by atoms with Crippen molar-refractivity contribution in [1.82, 2.24) is 0 Å². The molecule has 0 atom stereocenters. The summed E-state index contributed by atoms with van der Waals surface area (Å²) in [5.41, 5.74) is 2.61. The molecular formula is C10H8S2Se. The zero-order chi connectivity index (χ0) is 9.26. The fourth-order valence-corrected chi connectivity index (χ4v) is 4.52. The Balaban J connectivity index is 2.47. The van der Waals surface area contributed by atoms with Gasteiger partial charge in [-0.2, -0.15) is 0 Å². The zero-order valence-corrected chi connectivity index (χ0v) is 10.5. The van der Waals surface area contributed by atoms with E-state index in [0.29, 0.717) is 14.5 Å². The van der Waals surface area contributed by atoms with Gasteiger partial charge in [0, 0.05) is 0 Å². The molecule has 2 aromatic rings. The van der Waals surface area contributed by atoms with Gasteiger partial charge in [-0.3, -0.25) is 0 Å². The monoisotopic (exact) mass is 272 g/mol. The SMILES string of the molecule is Cc1ccc(-c2c[se]c(=S)s2)cc1. The van der Waals surface area contributed by atoms with Gasteiger partial charge in [-0.15, -0.1) is 0 Å². The summed E-state index contributed by atoms with van der Waals surface area (Å²) in [6, 6.07) is 8.62. The molecule has 0 N–H and O–H groups in total. The maximum atomic E-state index is 5.16. The summed E-state index contributed by atoms with van der Waals surface area (Å²) in [6.07, 6.45) is 0. The van der Waals surface area contributed by atoms with Crippen molar-refractivity contribution in [3.8, 4) is 10.4 Å². The number of rotatable bonds is 1. The second kappa shape index (κ2) is 3.89. The summed E-state index contributed by atoms with van der Waals surface area (Å²) in [4.78, 5) is 3.61. The minimum atomic E-state index is 0.431. The molecule has 1 aromatic carbocycles. The molecule has 0 aliphatic rings. The molecule has 0 amide bonds. The molecule has 0 unspecified atom stereocenters. The van der Waals surface area contributed by atoms with Crippen LogP contribution in [0.5, 0.6) is 0 Å². The molecule has 0 saturated heterocycles. The molecular weight excluding hydrogens is 263 g/mol. The molecule has 1 aromatic heterocycles. The van der Waals surface area contributed by atoms with Crippen molar-refractivity contribution < 1.29 is 0 Å². The number of benzene rings is 1. The first-order valence-electron chi connectivity index (χ1n) is 3.91. The molecule has 13 heavy (non-hydrogen) atoms. The van der Waals surface area contributed by atoms with E-state index in [1.165, 1.54) is 16.0 Å². The van der Waals surface area contributed by atoms with E-state index in [2.05, 4.69) is 36.1 Å². The van der Waals surface area contributed by atoms with Crippen molar-refractivity contribution in [1.29, 1.82) is 0 Å². The third-order valence-electron chi connectivity index (χ3n) is 1.79. The molecule has 2 rings (SSSR count). The van der Waals surface area contributed by atoms with Gasteiger partial charge in [-0.1, -0.05) is 0 Å². The van der Waals surface area contributed by atoms with E-state index in [-0.39, 0.29) is 0 Å². The van der Waals surface area contributed by atoms with Crippen molar-refractivity contribution in [3.05, 3.63) is 37.5 Å². The quantitative estimate of drug-likeness (QED) is 0.565. The van der Waals surface area contributed by atoms with Crippen LogP contribution in [0, 0.1) is 9.62 Å². The van der Waals surface area contributed by atoms with Crippen LogP contribution in [0.1, 0.15) is 5.56 Å². The van der Waals surface area contributed by atoms with E-state index in [1.807, 2.05) is 0 Å². The molecule has 0 aliphatic carbocycles. The molecule has 1 heterocycles. The molecule has 0 saturated carbocycles. The standard InChI is InChI=1S/C10H8S2Se/c1-7-2-4-8(5-3-7)9-6-13-10(11)12-9/h2-6H,1H3. The minimum absolute atomic E-state index is 0.431. The second-order valence-electron chi connectivity index (χ2n) is 2.82. The van der Waals surface area contributed by atoms with Gasteiger partial charge < -0.3 is 0 Å². The number of hydrogen-bond acceptors (Lipinski definition) is 2. The average Bonchev–Trinajstić information content (AvgIpc) is 2.53. The molecule has 0 spiro atoms.